The fourth-order valence-corrected chi connectivity index (χ4v) is 3.41. The zero-order chi connectivity index (χ0) is 13.4. The second-order valence-corrected chi connectivity index (χ2v) is 5.31. The van der Waals surface area contributed by atoms with Gasteiger partial charge in [0.1, 0.15) is 0 Å². The standard InChI is InChI=1S/C14H16N2O3/c17-13(7-9-3-5-15-6-4-9)16-10-1-2-12(16)11(8-10)14(18)19/h3-6,10-12H,1-2,7-8H2,(H,18,19). The van der Waals surface area contributed by atoms with E-state index < -0.39 is 5.97 Å². The Labute approximate surface area is 111 Å². The molecule has 19 heavy (non-hydrogen) atoms. The van der Waals surface area contributed by atoms with Gasteiger partial charge in [-0.15, -0.1) is 0 Å². The molecule has 0 radical (unpaired) electrons. The van der Waals surface area contributed by atoms with Crippen molar-refractivity contribution < 1.29 is 14.7 Å². The summed E-state index contributed by atoms with van der Waals surface area (Å²) in [5.74, 6) is -1.10. The third kappa shape index (κ3) is 2.09. The fraction of sp³-hybridized carbons (Fsp3) is 0.500. The van der Waals surface area contributed by atoms with E-state index in [0.29, 0.717) is 12.8 Å². The van der Waals surface area contributed by atoms with E-state index in [1.54, 1.807) is 12.4 Å². The summed E-state index contributed by atoms with van der Waals surface area (Å²) in [6.07, 6.45) is 6.05. The van der Waals surface area contributed by atoms with Crippen LogP contribution in [0.25, 0.3) is 0 Å². The first-order valence-electron chi connectivity index (χ1n) is 6.59. The van der Waals surface area contributed by atoms with Crippen molar-refractivity contribution in [3.05, 3.63) is 30.1 Å². The number of fused-ring (bicyclic) bond motifs is 2. The van der Waals surface area contributed by atoms with Crippen molar-refractivity contribution in [1.29, 1.82) is 0 Å². The molecule has 3 heterocycles. The van der Waals surface area contributed by atoms with E-state index in [1.807, 2.05) is 17.0 Å². The Kier molecular flexibility index (Phi) is 2.97. The number of aliphatic carboxylic acids is 1. The van der Waals surface area contributed by atoms with E-state index >= 15 is 0 Å². The predicted molar refractivity (Wildman–Crippen MR) is 67.3 cm³/mol. The van der Waals surface area contributed by atoms with E-state index in [9.17, 15) is 14.7 Å². The van der Waals surface area contributed by atoms with E-state index in [1.165, 1.54) is 0 Å². The van der Waals surface area contributed by atoms with Crippen LogP contribution in [0, 0.1) is 5.92 Å². The number of carboxylic acid groups (broad SMARTS) is 1. The van der Waals surface area contributed by atoms with Crippen LogP contribution in [0.3, 0.4) is 0 Å². The van der Waals surface area contributed by atoms with Crippen LogP contribution in [0.1, 0.15) is 24.8 Å². The van der Waals surface area contributed by atoms with Crippen LogP contribution in [0.5, 0.6) is 0 Å². The molecular weight excluding hydrogens is 244 g/mol. The van der Waals surface area contributed by atoms with Gasteiger partial charge < -0.3 is 10.0 Å². The molecule has 0 spiro atoms. The molecule has 3 rings (SSSR count). The van der Waals surface area contributed by atoms with Gasteiger partial charge in [-0.1, -0.05) is 0 Å². The van der Waals surface area contributed by atoms with Crippen LogP contribution in [0.2, 0.25) is 0 Å². The Morgan fingerprint density at radius 1 is 1.32 bits per heavy atom. The normalized spacial score (nSPS) is 28.6. The number of hydrogen-bond acceptors (Lipinski definition) is 3. The molecule has 1 aromatic rings. The molecule has 0 aromatic carbocycles. The van der Waals surface area contributed by atoms with Crippen molar-refractivity contribution in [2.24, 2.45) is 5.92 Å². The molecule has 3 atom stereocenters. The van der Waals surface area contributed by atoms with Gasteiger partial charge >= 0.3 is 5.97 Å². The Morgan fingerprint density at radius 3 is 2.68 bits per heavy atom. The first kappa shape index (κ1) is 12.1. The van der Waals surface area contributed by atoms with Crippen LogP contribution in [-0.4, -0.2) is 39.0 Å². The molecule has 1 N–H and O–H groups in total. The molecule has 0 aliphatic carbocycles. The maximum Gasteiger partial charge on any atom is 0.308 e. The van der Waals surface area contributed by atoms with Crippen LogP contribution in [0.15, 0.2) is 24.5 Å². The quantitative estimate of drug-likeness (QED) is 0.883. The lowest BCUT2D eigenvalue weighted by molar-refractivity contribution is -0.143. The summed E-state index contributed by atoms with van der Waals surface area (Å²) < 4.78 is 0. The van der Waals surface area contributed by atoms with Gasteiger partial charge in [-0.3, -0.25) is 14.6 Å². The molecule has 3 unspecified atom stereocenters. The first-order valence-corrected chi connectivity index (χ1v) is 6.59. The smallest absolute Gasteiger partial charge is 0.308 e. The number of carboxylic acids is 1. The minimum absolute atomic E-state index is 0.0439. The van der Waals surface area contributed by atoms with Crippen LogP contribution in [0.4, 0.5) is 0 Å². The highest BCUT2D eigenvalue weighted by Gasteiger charge is 2.50. The zero-order valence-corrected chi connectivity index (χ0v) is 10.5. The van der Waals surface area contributed by atoms with Crippen molar-refractivity contribution >= 4 is 11.9 Å². The molecule has 5 nitrogen and oxygen atoms in total. The molecule has 1 aromatic heterocycles. The molecule has 2 aliphatic heterocycles. The zero-order valence-electron chi connectivity index (χ0n) is 10.5. The number of rotatable bonds is 3. The van der Waals surface area contributed by atoms with Gasteiger partial charge in [-0.05, 0) is 37.0 Å². The Bertz CT molecular complexity index is 503. The second kappa shape index (κ2) is 4.64. The highest BCUT2D eigenvalue weighted by molar-refractivity contribution is 5.82. The lowest BCUT2D eigenvalue weighted by Gasteiger charge is -2.23. The first-order chi connectivity index (χ1) is 9.16. The number of pyridine rings is 1. The SMILES string of the molecule is O=C(O)C1CC2CCC1N2C(=O)Cc1ccncc1. The molecule has 2 fully saturated rings. The minimum atomic E-state index is -0.770. The Balaban J connectivity index is 1.73. The molecule has 0 saturated carbocycles. The highest BCUT2D eigenvalue weighted by Crippen LogP contribution is 2.42. The highest BCUT2D eigenvalue weighted by atomic mass is 16.4. The van der Waals surface area contributed by atoms with E-state index in [-0.39, 0.29) is 23.9 Å². The largest absolute Gasteiger partial charge is 0.481 e. The lowest BCUT2D eigenvalue weighted by atomic mass is 9.89. The second-order valence-electron chi connectivity index (χ2n) is 5.31. The average molecular weight is 260 g/mol. The Hall–Kier alpha value is -1.91. The molecule has 2 bridgehead atoms. The summed E-state index contributed by atoms with van der Waals surface area (Å²) in [6, 6.07) is 3.67. The number of amides is 1. The number of aromatic nitrogens is 1. The van der Waals surface area contributed by atoms with Crippen molar-refractivity contribution in [3.8, 4) is 0 Å². The van der Waals surface area contributed by atoms with Crippen molar-refractivity contribution in [2.75, 3.05) is 0 Å². The summed E-state index contributed by atoms with van der Waals surface area (Å²) in [7, 11) is 0. The van der Waals surface area contributed by atoms with Gasteiger partial charge in [-0.2, -0.15) is 0 Å². The van der Waals surface area contributed by atoms with Crippen LogP contribution in [-0.2, 0) is 16.0 Å². The van der Waals surface area contributed by atoms with Crippen molar-refractivity contribution in [2.45, 2.75) is 37.8 Å². The maximum atomic E-state index is 12.4. The monoisotopic (exact) mass is 260 g/mol. The molecule has 1 amide bonds. The number of carbonyl (C=O) groups is 2. The van der Waals surface area contributed by atoms with Gasteiger partial charge in [0.2, 0.25) is 5.91 Å². The van der Waals surface area contributed by atoms with E-state index in [2.05, 4.69) is 4.98 Å². The molecule has 2 aliphatic rings. The number of carbonyl (C=O) groups excluding carboxylic acids is 1. The topological polar surface area (TPSA) is 70.5 Å². The van der Waals surface area contributed by atoms with Gasteiger partial charge in [0.25, 0.3) is 0 Å². The number of hydrogen-bond donors (Lipinski definition) is 1. The van der Waals surface area contributed by atoms with Gasteiger partial charge in [-0.25, -0.2) is 0 Å². The third-order valence-corrected chi connectivity index (χ3v) is 4.25. The minimum Gasteiger partial charge on any atom is -0.481 e. The molecule has 100 valence electrons. The summed E-state index contributed by atoms with van der Waals surface area (Å²) in [5, 5.41) is 9.18. The lowest BCUT2D eigenvalue weighted by Crippen LogP contribution is -2.38. The number of nitrogens with zero attached hydrogens (tertiary/aromatic N) is 2. The van der Waals surface area contributed by atoms with E-state index in [4.69, 9.17) is 0 Å². The van der Waals surface area contributed by atoms with Gasteiger partial charge in [0.05, 0.1) is 12.3 Å². The summed E-state index contributed by atoms with van der Waals surface area (Å²) in [4.78, 5) is 29.3. The predicted octanol–water partition coefficient (Wildman–Crippen LogP) is 1.09. The van der Waals surface area contributed by atoms with Crippen LogP contribution >= 0.6 is 0 Å². The molecular formula is C14H16N2O3. The van der Waals surface area contributed by atoms with Crippen molar-refractivity contribution in [1.82, 2.24) is 9.88 Å². The van der Waals surface area contributed by atoms with E-state index in [0.717, 1.165) is 18.4 Å². The van der Waals surface area contributed by atoms with Crippen molar-refractivity contribution in [3.63, 3.8) is 0 Å². The summed E-state index contributed by atoms with van der Waals surface area (Å²) in [6.45, 7) is 0. The maximum absolute atomic E-state index is 12.4. The summed E-state index contributed by atoms with van der Waals surface area (Å²) >= 11 is 0. The van der Waals surface area contributed by atoms with Crippen LogP contribution < -0.4 is 0 Å². The average Bonchev–Trinajstić information content (AvgIpc) is 2.97. The fourth-order valence-electron chi connectivity index (χ4n) is 3.41. The summed E-state index contributed by atoms with van der Waals surface area (Å²) in [5.41, 5.74) is 0.929. The molecule has 5 heteroatoms. The van der Waals surface area contributed by atoms with Gasteiger partial charge in [0, 0.05) is 24.5 Å². The van der Waals surface area contributed by atoms with Gasteiger partial charge in [0.15, 0.2) is 0 Å². The Morgan fingerprint density at radius 2 is 2.05 bits per heavy atom. The molecule has 2 saturated heterocycles. The third-order valence-electron chi connectivity index (χ3n) is 4.25.